The molecule has 2 fully saturated rings. The predicted molar refractivity (Wildman–Crippen MR) is 101 cm³/mol. The number of carbonyl (C=O) groups excluding carboxylic acids is 1. The van der Waals surface area contributed by atoms with E-state index in [1.54, 1.807) is 12.1 Å². The average molecular weight is 370 g/mol. The third-order valence-corrected chi connectivity index (χ3v) is 5.43. The van der Waals surface area contributed by atoms with Crippen molar-refractivity contribution in [3.63, 3.8) is 0 Å². The molecule has 0 aliphatic carbocycles. The van der Waals surface area contributed by atoms with Gasteiger partial charge in [-0.05, 0) is 44.7 Å². The molecule has 1 amide bonds. The van der Waals surface area contributed by atoms with Crippen LogP contribution in [0.4, 0.5) is 5.82 Å². The summed E-state index contributed by atoms with van der Waals surface area (Å²) in [6.07, 6.45) is 4.37. The number of amides is 1. The lowest BCUT2D eigenvalue weighted by Gasteiger charge is -2.32. The number of nitrogens with zero attached hydrogens (tertiary/aromatic N) is 4. The summed E-state index contributed by atoms with van der Waals surface area (Å²) in [4.78, 5) is 26.2. The van der Waals surface area contributed by atoms with Gasteiger partial charge in [0.2, 0.25) is 0 Å². The van der Waals surface area contributed by atoms with Crippen molar-refractivity contribution in [1.82, 2.24) is 14.9 Å². The molecule has 7 nitrogen and oxygen atoms in total. The Hall–Kier alpha value is -2.41. The highest BCUT2D eigenvalue weighted by atomic mass is 16.4. The third kappa shape index (κ3) is 3.83. The zero-order chi connectivity index (χ0) is 18.8. The second kappa shape index (κ2) is 7.68. The average Bonchev–Trinajstić information content (AvgIpc) is 3.39. The number of furan rings is 1. The van der Waals surface area contributed by atoms with Crippen molar-refractivity contribution in [2.75, 3.05) is 31.1 Å². The summed E-state index contributed by atoms with van der Waals surface area (Å²) in [7, 11) is 0. The van der Waals surface area contributed by atoms with Crippen LogP contribution in [0.15, 0.2) is 22.6 Å². The fraction of sp³-hybridized carbons (Fsp3) is 0.550. The minimum atomic E-state index is -0.199. The van der Waals surface area contributed by atoms with Crippen LogP contribution in [-0.2, 0) is 6.61 Å². The number of rotatable bonds is 4. The van der Waals surface area contributed by atoms with Crippen molar-refractivity contribution < 1.29 is 14.3 Å². The standard InChI is InChI=1S/C20H26N4O3/c1-14-21-17(11-19(22-14)23-8-2-3-9-23)15-5-4-10-24(12-15)20(26)18-7-6-16(13-25)27-18/h6-7,11,15,25H,2-5,8-10,12-13H2,1H3. The summed E-state index contributed by atoms with van der Waals surface area (Å²) >= 11 is 0. The first-order valence-corrected chi connectivity index (χ1v) is 9.73. The number of hydrogen-bond donors (Lipinski definition) is 1. The van der Waals surface area contributed by atoms with Gasteiger partial charge in [-0.1, -0.05) is 0 Å². The highest BCUT2D eigenvalue weighted by Crippen LogP contribution is 2.29. The molecule has 2 saturated heterocycles. The molecule has 2 aromatic heterocycles. The topological polar surface area (TPSA) is 82.7 Å². The molecule has 0 saturated carbocycles. The quantitative estimate of drug-likeness (QED) is 0.890. The van der Waals surface area contributed by atoms with E-state index >= 15 is 0 Å². The van der Waals surface area contributed by atoms with E-state index in [2.05, 4.69) is 20.9 Å². The van der Waals surface area contributed by atoms with Gasteiger partial charge in [0.05, 0.1) is 5.69 Å². The van der Waals surface area contributed by atoms with E-state index in [0.29, 0.717) is 18.8 Å². The van der Waals surface area contributed by atoms with Crippen LogP contribution in [0.5, 0.6) is 0 Å². The molecular formula is C20H26N4O3. The van der Waals surface area contributed by atoms with Gasteiger partial charge in [-0.3, -0.25) is 4.79 Å². The Morgan fingerprint density at radius 2 is 2.04 bits per heavy atom. The fourth-order valence-corrected chi connectivity index (χ4v) is 4.03. The summed E-state index contributed by atoms with van der Waals surface area (Å²) in [6.45, 7) is 5.19. The lowest BCUT2D eigenvalue weighted by molar-refractivity contribution is 0.0669. The number of aryl methyl sites for hydroxylation is 1. The van der Waals surface area contributed by atoms with Crippen molar-refractivity contribution in [3.05, 3.63) is 41.2 Å². The lowest BCUT2D eigenvalue weighted by Crippen LogP contribution is -2.39. The van der Waals surface area contributed by atoms with Gasteiger partial charge in [-0.2, -0.15) is 0 Å². The number of aliphatic hydroxyl groups excluding tert-OH is 1. The second-order valence-electron chi connectivity index (χ2n) is 7.41. The largest absolute Gasteiger partial charge is 0.453 e. The Bertz CT molecular complexity index is 813. The molecule has 0 radical (unpaired) electrons. The van der Waals surface area contributed by atoms with Crippen LogP contribution >= 0.6 is 0 Å². The van der Waals surface area contributed by atoms with Gasteiger partial charge in [0.15, 0.2) is 5.76 Å². The van der Waals surface area contributed by atoms with Crippen LogP contribution < -0.4 is 4.90 Å². The maximum absolute atomic E-state index is 12.8. The first kappa shape index (κ1) is 18.0. The van der Waals surface area contributed by atoms with Crippen molar-refractivity contribution in [2.24, 2.45) is 0 Å². The van der Waals surface area contributed by atoms with Crippen LogP contribution in [0.1, 0.15) is 59.4 Å². The van der Waals surface area contributed by atoms with E-state index in [4.69, 9.17) is 9.52 Å². The number of anilines is 1. The molecule has 144 valence electrons. The minimum Gasteiger partial charge on any atom is -0.453 e. The second-order valence-corrected chi connectivity index (χ2v) is 7.41. The maximum Gasteiger partial charge on any atom is 0.289 e. The molecule has 2 aliphatic rings. The number of likely N-dealkylation sites (tertiary alicyclic amines) is 1. The molecule has 2 aromatic rings. The van der Waals surface area contributed by atoms with E-state index in [1.807, 2.05) is 11.8 Å². The Morgan fingerprint density at radius 3 is 2.78 bits per heavy atom. The summed E-state index contributed by atoms with van der Waals surface area (Å²) in [5, 5.41) is 9.14. The first-order valence-electron chi connectivity index (χ1n) is 9.73. The van der Waals surface area contributed by atoms with E-state index in [-0.39, 0.29) is 24.2 Å². The van der Waals surface area contributed by atoms with Crippen LogP contribution in [0.25, 0.3) is 0 Å². The van der Waals surface area contributed by atoms with E-state index in [9.17, 15) is 4.79 Å². The predicted octanol–water partition coefficient (Wildman–Crippen LogP) is 2.49. The Morgan fingerprint density at radius 1 is 1.22 bits per heavy atom. The monoisotopic (exact) mass is 370 g/mol. The SMILES string of the molecule is Cc1nc(C2CCCN(C(=O)c3ccc(CO)o3)C2)cc(N2CCCC2)n1. The van der Waals surface area contributed by atoms with Crippen LogP contribution in [0, 0.1) is 6.92 Å². The molecule has 0 aromatic carbocycles. The fourth-order valence-electron chi connectivity index (χ4n) is 4.03. The highest BCUT2D eigenvalue weighted by Gasteiger charge is 2.29. The molecule has 0 spiro atoms. The molecular weight excluding hydrogens is 344 g/mol. The minimum absolute atomic E-state index is 0.120. The number of hydrogen-bond acceptors (Lipinski definition) is 6. The third-order valence-electron chi connectivity index (χ3n) is 5.43. The molecule has 1 unspecified atom stereocenters. The van der Waals surface area contributed by atoms with Gasteiger partial charge in [0.1, 0.15) is 24.0 Å². The van der Waals surface area contributed by atoms with Crippen LogP contribution in [0.3, 0.4) is 0 Å². The molecule has 7 heteroatoms. The van der Waals surface area contributed by atoms with Gasteiger partial charge in [0, 0.05) is 38.2 Å². The van der Waals surface area contributed by atoms with E-state index < -0.39 is 0 Å². The van der Waals surface area contributed by atoms with Gasteiger partial charge < -0.3 is 19.3 Å². The number of carbonyl (C=O) groups is 1. The zero-order valence-corrected chi connectivity index (χ0v) is 15.7. The van der Waals surface area contributed by atoms with Gasteiger partial charge in [-0.15, -0.1) is 0 Å². The molecule has 2 aliphatic heterocycles. The Balaban J connectivity index is 1.51. The summed E-state index contributed by atoms with van der Waals surface area (Å²) in [6, 6.07) is 5.39. The van der Waals surface area contributed by atoms with Crippen molar-refractivity contribution in [1.29, 1.82) is 0 Å². The van der Waals surface area contributed by atoms with Crippen molar-refractivity contribution in [2.45, 2.75) is 45.1 Å². The Kier molecular flexibility index (Phi) is 5.11. The van der Waals surface area contributed by atoms with Gasteiger partial charge >= 0.3 is 0 Å². The molecule has 27 heavy (non-hydrogen) atoms. The van der Waals surface area contributed by atoms with Crippen LogP contribution in [-0.4, -0.2) is 52.1 Å². The molecule has 0 bridgehead atoms. The molecule has 4 rings (SSSR count). The number of piperidine rings is 1. The highest BCUT2D eigenvalue weighted by molar-refractivity contribution is 5.91. The molecule has 1 N–H and O–H groups in total. The van der Waals surface area contributed by atoms with Gasteiger partial charge in [-0.25, -0.2) is 9.97 Å². The Labute approximate surface area is 159 Å². The van der Waals surface area contributed by atoms with E-state index in [0.717, 1.165) is 43.3 Å². The van der Waals surface area contributed by atoms with Crippen LogP contribution in [0.2, 0.25) is 0 Å². The van der Waals surface area contributed by atoms with Gasteiger partial charge in [0.25, 0.3) is 5.91 Å². The molecule has 4 heterocycles. The zero-order valence-electron chi connectivity index (χ0n) is 15.7. The normalized spacial score (nSPS) is 20.3. The first-order chi connectivity index (χ1) is 13.1. The summed E-state index contributed by atoms with van der Waals surface area (Å²) in [5.74, 6) is 2.58. The lowest BCUT2D eigenvalue weighted by atomic mass is 9.94. The van der Waals surface area contributed by atoms with Crippen molar-refractivity contribution in [3.8, 4) is 0 Å². The number of aliphatic hydroxyl groups is 1. The van der Waals surface area contributed by atoms with E-state index in [1.165, 1.54) is 12.8 Å². The maximum atomic E-state index is 12.8. The smallest absolute Gasteiger partial charge is 0.289 e. The molecule has 1 atom stereocenters. The van der Waals surface area contributed by atoms with Crippen molar-refractivity contribution >= 4 is 11.7 Å². The summed E-state index contributed by atoms with van der Waals surface area (Å²) < 4.78 is 5.42. The summed E-state index contributed by atoms with van der Waals surface area (Å²) in [5.41, 5.74) is 1.03. The number of aromatic nitrogens is 2.